The van der Waals surface area contributed by atoms with Crippen molar-refractivity contribution in [1.82, 2.24) is 9.97 Å². The third-order valence-electron chi connectivity index (χ3n) is 2.68. The van der Waals surface area contributed by atoms with Crippen LogP contribution in [-0.2, 0) is 6.42 Å². The topological polar surface area (TPSA) is 25.8 Å². The van der Waals surface area contributed by atoms with Gasteiger partial charge in [-0.25, -0.2) is 9.97 Å². The lowest BCUT2D eigenvalue weighted by Gasteiger charge is -2.07. The second kappa shape index (κ2) is 5.28. The smallest absolute Gasteiger partial charge is 0.222 e. The fourth-order valence-electron chi connectivity index (χ4n) is 1.88. The summed E-state index contributed by atoms with van der Waals surface area (Å²) in [6.45, 7) is 4.18. The number of rotatable bonds is 3. The van der Waals surface area contributed by atoms with Crippen LogP contribution in [0.2, 0.25) is 5.28 Å². The van der Waals surface area contributed by atoms with E-state index in [1.54, 1.807) is 6.20 Å². The Morgan fingerprint density at radius 3 is 2.88 bits per heavy atom. The van der Waals surface area contributed by atoms with Crippen molar-refractivity contribution >= 4 is 11.6 Å². The Hall–Kier alpha value is -1.41. The second-order valence-corrected chi connectivity index (χ2v) is 4.46. The molecule has 1 aromatic heterocycles. The summed E-state index contributed by atoms with van der Waals surface area (Å²) in [4.78, 5) is 8.28. The molecule has 0 aliphatic heterocycles. The molecule has 1 aromatic carbocycles. The summed E-state index contributed by atoms with van der Waals surface area (Å²) in [5.74, 6) is 0. The largest absolute Gasteiger partial charge is 0.226 e. The van der Waals surface area contributed by atoms with Crippen LogP contribution in [0.3, 0.4) is 0 Å². The van der Waals surface area contributed by atoms with E-state index in [-0.39, 0.29) is 0 Å². The highest BCUT2D eigenvalue weighted by atomic mass is 35.5. The van der Waals surface area contributed by atoms with Crippen molar-refractivity contribution in [2.45, 2.75) is 26.7 Å². The highest BCUT2D eigenvalue weighted by Gasteiger charge is 2.06. The van der Waals surface area contributed by atoms with Gasteiger partial charge in [0.15, 0.2) is 0 Å². The van der Waals surface area contributed by atoms with Crippen molar-refractivity contribution < 1.29 is 0 Å². The molecule has 1 heterocycles. The molecule has 0 amide bonds. The van der Waals surface area contributed by atoms with Crippen LogP contribution in [0.5, 0.6) is 0 Å². The summed E-state index contributed by atoms with van der Waals surface area (Å²) >= 11 is 5.85. The van der Waals surface area contributed by atoms with Gasteiger partial charge in [-0.2, -0.15) is 0 Å². The molecular weight excluding hydrogens is 232 g/mol. The van der Waals surface area contributed by atoms with Crippen molar-refractivity contribution in [1.29, 1.82) is 0 Å². The van der Waals surface area contributed by atoms with E-state index in [9.17, 15) is 0 Å². The predicted molar refractivity (Wildman–Crippen MR) is 71.2 cm³/mol. The van der Waals surface area contributed by atoms with Gasteiger partial charge >= 0.3 is 0 Å². The van der Waals surface area contributed by atoms with E-state index in [1.165, 1.54) is 5.56 Å². The molecule has 0 atom stereocenters. The van der Waals surface area contributed by atoms with Gasteiger partial charge in [0.05, 0.1) is 5.69 Å². The first kappa shape index (κ1) is 12.1. The van der Waals surface area contributed by atoms with Gasteiger partial charge in [0.2, 0.25) is 5.28 Å². The van der Waals surface area contributed by atoms with Gasteiger partial charge < -0.3 is 0 Å². The van der Waals surface area contributed by atoms with Crippen LogP contribution < -0.4 is 0 Å². The van der Waals surface area contributed by atoms with Crippen LogP contribution in [0.25, 0.3) is 11.3 Å². The van der Waals surface area contributed by atoms with E-state index in [2.05, 4.69) is 41.2 Å². The summed E-state index contributed by atoms with van der Waals surface area (Å²) < 4.78 is 0. The predicted octanol–water partition coefficient (Wildman–Crippen LogP) is 4.06. The fourth-order valence-corrected chi connectivity index (χ4v) is 2.01. The average molecular weight is 247 g/mol. The van der Waals surface area contributed by atoms with Crippen molar-refractivity contribution in [2.24, 2.45) is 0 Å². The lowest BCUT2D eigenvalue weighted by atomic mass is 10.0. The van der Waals surface area contributed by atoms with E-state index < -0.39 is 0 Å². The molecule has 0 aliphatic rings. The van der Waals surface area contributed by atoms with Crippen molar-refractivity contribution in [2.75, 3.05) is 0 Å². The average Bonchev–Trinajstić information content (AvgIpc) is 2.33. The lowest BCUT2D eigenvalue weighted by Crippen LogP contribution is -1.92. The molecule has 2 aromatic rings. The maximum Gasteiger partial charge on any atom is 0.222 e. The zero-order chi connectivity index (χ0) is 12.3. The van der Waals surface area contributed by atoms with Crippen LogP contribution in [0, 0.1) is 6.92 Å². The molecule has 0 radical (unpaired) electrons. The summed E-state index contributed by atoms with van der Waals surface area (Å²) in [5.41, 5.74) is 4.41. The Morgan fingerprint density at radius 1 is 1.29 bits per heavy atom. The Labute approximate surface area is 107 Å². The van der Waals surface area contributed by atoms with Crippen molar-refractivity contribution in [3.05, 3.63) is 46.9 Å². The number of hydrogen-bond acceptors (Lipinski definition) is 2. The molecule has 0 fully saturated rings. The molecule has 88 valence electrons. The van der Waals surface area contributed by atoms with Crippen LogP contribution in [-0.4, -0.2) is 9.97 Å². The first-order valence-electron chi connectivity index (χ1n) is 5.79. The number of hydrogen-bond donors (Lipinski definition) is 0. The summed E-state index contributed by atoms with van der Waals surface area (Å²) in [6, 6.07) is 8.45. The van der Waals surface area contributed by atoms with Gasteiger partial charge in [0.25, 0.3) is 0 Å². The molecule has 0 unspecified atom stereocenters. The van der Waals surface area contributed by atoms with Crippen LogP contribution >= 0.6 is 11.6 Å². The zero-order valence-corrected chi connectivity index (χ0v) is 10.8. The molecule has 0 bridgehead atoms. The Morgan fingerprint density at radius 2 is 2.12 bits per heavy atom. The fraction of sp³-hybridized carbons (Fsp3) is 0.286. The normalized spacial score (nSPS) is 10.5. The molecule has 2 rings (SSSR count). The number of nitrogens with zero attached hydrogens (tertiary/aromatic N) is 2. The van der Waals surface area contributed by atoms with Crippen molar-refractivity contribution in [3.8, 4) is 11.3 Å². The molecule has 3 heteroatoms. The summed E-state index contributed by atoms with van der Waals surface area (Å²) in [5, 5.41) is 0.298. The monoisotopic (exact) mass is 246 g/mol. The van der Waals surface area contributed by atoms with Crippen LogP contribution in [0.15, 0.2) is 30.5 Å². The number of aromatic nitrogens is 2. The van der Waals surface area contributed by atoms with Crippen LogP contribution in [0.4, 0.5) is 0 Å². The Balaban J connectivity index is 2.45. The molecule has 2 nitrogen and oxygen atoms in total. The Kier molecular flexibility index (Phi) is 3.75. The molecule has 0 spiro atoms. The first-order chi connectivity index (χ1) is 8.20. The summed E-state index contributed by atoms with van der Waals surface area (Å²) in [7, 11) is 0. The molecule has 0 N–H and O–H groups in total. The standard InChI is InChI=1S/C14H15ClN2/c1-3-5-11-6-4-7-12(8-11)13-10(2)9-16-14(15)17-13/h4,6-9H,3,5H2,1-2H3. The molecule has 17 heavy (non-hydrogen) atoms. The van der Waals surface area contributed by atoms with E-state index in [4.69, 9.17) is 11.6 Å². The lowest BCUT2D eigenvalue weighted by molar-refractivity contribution is 0.922. The SMILES string of the molecule is CCCc1cccc(-c2nc(Cl)ncc2C)c1. The quantitative estimate of drug-likeness (QED) is 0.764. The minimum absolute atomic E-state index is 0.298. The van der Waals surface area contributed by atoms with Gasteiger partial charge in [-0.1, -0.05) is 31.5 Å². The molecule has 0 saturated carbocycles. The third kappa shape index (κ3) is 2.83. The Bertz CT molecular complexity index is 523. The van der Waals surface area contributed by atoms with E-state index in [1.807, 2.05) is 6.92 Å². The molecular formula is C14H15ClN2. The van der Waals surface area contributed by atoms with E-state index >= 15 is 0 Å². The van der Waals surface area contributed by atoms with E-state index in [0.29, 0.717) is 5.28 Å². The molecule has 0 aliphatic carbocycles. The molecule has 0 saturated heterocycles. The van der Waals surface area contributed by atoms with Crippen LogP contribution in [0.1, 0.15) is 24.5 Å². The zero-order valence-electron chi connectivity index (χ0n) is 10.1. The van der Waals surface area contributed by atoms with Gasteiger partial charge in [0, 0.05) is 11.8 Å². The first-order valence-corrected chi connectivity index (χ1v) is 6.17. The van der Waals surface area contributed by atoms with E-state index in [0.717, 1.165) is 29.7 Å². The second-order valence-electron chi connectivity index (χ2n) is 4.12. The van der Waals surface area contributed by atoms with Gasteiger partial charge in [-0.05, 0) is 42.1 Å². The highest BCUT2D eigenvalue weighted by Crippen LogP contribution is 2.23. The van der Waals surface area contributed by atoms with Gasteiger partial charge in [-0.3, -0.25) is 0 Å². The number of halogens is 1. The summed E-state index contributed by atoms with van der Waals surface area (Å²) in [6.07, 6.45) is 4.00. The minimum Gasteiger partial charge on any atom is -0.226 e. The van der Waals surface area contributed by atoms with Crippen molar-refractivity contribution in [3.63, 3.8) is 0 Å². The van der Waals surface area contributed by atoms with Gasteiger partial charge in [0.1, 0.15) is 0 Å². The number of aryl methyl sites for hydroxylation is 2. The maximum atomic E-state index is 5.85. The number of benzene rings is 1. The maximum absolute atomic E-state index is 5.85. The van der Waals surface area contributed by atoms with Gasteiger partial charge in [-0.15, -0.1) is 0 Å². The highest BCUT2D eigenvalue weighted by molar-refractivity contribution is 6.28. The minimum atomic E-state index is 0.298. The third-order valence-corrected chi connectivity index (χ3v) is 2.86.